The molecule has 174 valence electrons. The van der Waals surface area contributed by atoms with Crippen LogP contribution in [0, 0.1) is 0 Å². The molecule has 1 unspecified atom stereocenters. The van der Waals surface area contributed by atoms with Gasteiger partial charge in [-0.2, -0.15) is 0 Å². The number of hydrogen-bond acceptors (Lipinski definition) is 5. The summed E-state index contributed by atoms with van der Waals surface area (Å²) in [4.78, 5) is 12.0. The van der Waals surface area contributed by atoms with Gasteiger partial charge in [0.1, 0.15) is 0 Å². The lowest BCUT2D eigenvalue weighted by molar-refractivity contribution is 0.00986. The highest BCUT2D eigenvalue weighted by Crippen LogP contribution is 2.17. The molecule has 0 spiro atoms. The average molecular weight is 432 g/mol. The zero-order valence-corrected chi connectivity index (χ0v) is 19.6. The summed E-state index contributed by atoms with van der Waals surface area (Å²) in [7, 11) is 3.63. The van der Waals surface area contributed by atoms with E-state index < -0.39 is 0 Å². The van der Waals surface area contributed by atoms with Crippen LogP contribution in [0.2, 0.25) is 0 Å². The second-order valence-electron chi connectivity index (χ2n) is 8.54. The summed E-state index contributed by atoms with van der Waals surface area (Å²) in [5.74, 6) is 1.02. The quantitative estimate of drug-likeness (QED) is 0.368. The van der Waals surface area contributed by atoms with Crippen molar-refractivity contribution in [3.8, 4) is 0 Å². The van der Waals surface area contributed by atoms with Crippen molar-refractivity contribution in [2.24, 2.45) is 4.99 Å². The Kier molecular flexibility index (Phi) is 9.90. The summed E-state index contributed by atoms with van der Waals surface area (Å²) in [6.07, 6.45) is 3.46. The highest BCUT2D eigenvalue weighted by atomic mass is 16.5. The number of nitrogens with zero attached hydrogens (tertiary/aromatic N) is 4. The van der Waals surface area contributed by atoms with Crippen molar-refractivity contribution in [1.82, 2.24) is 15.1 Å². The number of ether oxygens (including phenoxy) is 2. The highest BCUT2D eigenvalue weighted by molar-refractivity contribution is 5.80. The van der Waals surface area contributed by atoms with Gasteiger partial charge in [0.25, 0.3) is 0 Å². The lowest BCUT2D eigenvalue weighted by Gasteiger charge is -2.40. The minimum Gasteiger partial charge on any atom is -0.385 e. The van der Waals surface area contributed by atoms with Crippen LogP contribution in [-0.4, -0.2) is 101 Å². The van der Waals surface area contributed by atoms with Crippen molar-refractivity contribution in [2.75, 3.05) is 78.1 Å². The normalized spacial score (nSPS) is 20.2. The van der Waals surface area contributed by atoms with Gasteiger partial charge in [-0.15, -0.1) is 0 Å². The average Bonchev–Trinajstić information content (AvgIpc) is 2.83. The molecule has 3 rings (SSSR count). The number of methoxy groups -OCH3 is 1. The predicted octanol–water partition coefficient (Wildman–Crippen LogP) is 2.29. The van der Waals surface area contributed by atoms with Gasteiger partial charge in [0.15, 0.2) is 5.96 Å². The third-order valence-electron chi connectivity index (χ3n) is 6.41. The number of piperazine rings is 1. The molecule has 0 aromatic heterocycles. The molecule has 2 heterocycles. The van der Waals surface area contributed by atoms with Crippen molar-refractivity contribution in [3.63, 3.8) is 0 Å². The maximum absolute atomic E-state index is 5.99. The molecular weight excluding hydrogens is 390 g/mol. The standard InChI is InChI=1S/C24H41N5O2/c1-21(27-14-16-28(17-15-27)22-8-5-4-6-9-22)20-26-24(25-2)29-12-10-23(11-13-29)31-19-7-18-30-3/h4-6,8-9,21,23H,7,10-20H2,1-3H3,(H,25,26). The van der Waals surface area contributed by atoms with Crippen LogP contribution in [0.4, 0.5) is 5.69 Å². The second kappa shape index (κ2) is 12.9. The topological polar surface area (TPSA) is 52.6 Å². The summed E-state index contributed by atoms with van der Waals surface area (Å²) in [5, 5.41) is 3.62. The molecule has 1 N–H and O–H groups in total. The fourth-order valence-corrected chi connectivity index (χ4v) is 4.45. The van der Waals surface area contributed by atoms with Gasteiger partial charge in [-0.3, -0.25) is 9.89 Å². The van der Waals surface area contributed by atoms with Gasteiger partial charge < -0.3 is 24.6 Å². The molecule has 0 bridgehead atoms. The van der Waals surface area contributed by atoms with Crippen LogP contribution in [0.1, 0.15) is 26.2 Å². The Morgan fingerprint density at radius 3 is 2.42 bits per heavy atom. The molecule has 0 amide bonds. The first kappa shape index (κ1) is 23.8. The molecule has 31 heavy (non-hydrogen) atoms. The fourth-order valence-electron chi connectivity index (χ4n) is 4.45. The highest BCUT2D eigenvalue weighted by Gasteiger charge is 2.24. The van der Waals surface area contributed by atoms with Crippen molar-refractivity contribution in [1.29, 1.82) is 0 Å². The van der Waals surface area contributed by atoms with Crippen LogP contribution < -0.4 is 10.2 Å². The van der Waals surface area contributed by atoms with Crippen molar-refractivity contribution in [2.45, 2.75) is 38.3 Å². The SMILES string of the molecule is CN=C(NCC(C)N1CCN(c2ccccc2)CC1)N1CCC(OCCCOC)CC1. The van der Waals surface area contributed by atoms with Crippen LogP contribution in [-0.2, 0) is 9.47 Å². The smallest absolute Gasteiger partial charge is 0.193 e. The molecule has 0 saturated carbocycles. The van der Waals surface area contributed by atoms with E-state index in [2.05, 4.69) is 62.3 Å². The van der Waals surface area contributed by atoms with E-state index in [-0.39, 0.29) is 0 Å². The molecule has 1 aromatic carbocycles. The van der Waals surface area contributed by atoms with Gasteiger partial charge in [-0.05, 0) is 38.3 Å². The maximum atomic E-state index is 5.99. The van der Waals surface area contributed by atoms with Crippen molar-refractivity contribution >= 4 is 11.6 Å². The van der Waals surface area contributed by atoms with Gasteiger partial charge in [0.05, 0.1) is 6.10 Å². The number of para-hydroxylation sites is 1. The molecule has 2 fully saturated rings. The van der Waals surface area contributed by atoms with Crippen LogP contribution in [0.15, 0.2) is 35.3 Å². The lowest BCUT2D eigenvalue weighted by Crippen LogP contribution is -2.54. The van der Waals surface area contributed by atoms with E-state index in [0.717, 1.165) is 84.2 Å². The Hall–Kier alpha value is -1.83. The summed E-state index contributed by atoms with van der Waals surface area (Å²) in [6, 6.07) is 11.2. The first-order chi connectivity index (χ1) is 15.2. The molecule has 1 atom stereocenters. The Bertz CT molecular complexity index is 641. The number of likely N-dealkylation sites (tertiary alicyclic amines) is 1. The van der Waals surface area contributed by atoms with Crippen molar-refractivity contribution in [3.05, 3.63) is 30.3 Å². The van der Waals surface area contributed by atoms with E-state index in [1.807, 2.05) is 7.05 Å². The molecular formula is C24H41N5O2. The molecule has 7 heteroatoms. The molecule has 2 aliphatic rings. The van der Waals surface area contributed by atoms with E-state index in [4.69, 9.17) is 9.47 Å². The zero-order valence-electron chi connectivity index (χ0n) is 19.6. The molecule has 2 saturated heterocycles. The Balaban J connectivity index is 1.35. The fraction of sp³-hybridized carbons (Fsp3) is 0.708. The predicted molar refractivity (Wildman–Crippen MR) is 128 cm³/mol. The largest absolute Gasteiger partial charge is 0.385 e. The number of rotatable bonds is 9. The van der Waals surface area contributed by atoms with Gasteiger partial charge in [0.2, 0.25) is 0 Å². The Morgan fingerprint density at radius 2 is 1.77 bits per heavy atom. The van der Waals surface area contributed by atoms with E-state index >= 15 is 0 Å². The first-order valence-electron chi connectivity index (χ1n) is 11.8. The second-order valence-corrected chi connectivity index (χ2v) is 8.54. The molecule has 0 radical (unpaired) electrons. The molecule has 2 aliphatic heterocycles. The van der Waals surface area contributed by atoms with Crippen LogP contribution >= 0.6 is 0 Å². The monoisotopic (exact) mass is 431 g/mol. The van der Waals surface area contributed by atoms with Gasteiger partial charge in [0, 0.05) is 84.9 Å². The zero-order chi connectivity index (χ0) is 21.9. The van der Waals surface area contributed by atoms with Crippen LogP contribution in [0.5, 0.6) is 0 Å². The number of piperidine rings is 1. The molecule has 7 nitrogen and oxygen atoms in total. The summed E-state index contributed by atoms with van der Waals surface area (Å²) < 4.78 is 11.1. The van der Waals surface area contributed by atoms with Gasteiger partial charge >= 0.3 is 0 Å². The van der Waals surface area contributed by atoms with E-state index in [0.29, 0.717) is 12.1 Å². The molecule has 0 aliphatic carbocycles. The minimum atomic E-state index is 0.367. The summed E-state index contributed by atoms with van der Waals surface area (Å²) in [5.41, 5.74) is 1.33. The first-order valence-corrected chi connectivity index (χ1v) is 11.8. The summed E-state index contributed by atoms with van der Waals surface area (Å²) in [6.45, 7) is 11.2. The van der Waals surface area contributed by atoms with E-state index in [1.165, 1.54) is 5.69 Å². The third-order valence-corrected chi connectivity index (χ3v) is 6.41. The number of anilines is 1. The van der Waals surface area contributed by atoms with Crippen LogP contribution in [0.3, 0.4) is 0 Å². The lowest BCUT2D eigenvalue weighted by atomic mass is 10.1. The van der Waals surface area contributed by atoms with Crippen LogP contribution in [0.25, 0.3) is 0 Å². The number of nitrogens with one attached hydrogen (secondary N) is 1. The van der Waals surface area contributed by atoms with E-state index in [9.17, 15) is 0 Å². The number of guanidine groups is 1. The third kappa shape index (κ3) is 7.37. The Labute approximate surface area is 188 Å². The van der Waals surface area contributed by atoms with Crippen molar-refractivity contribution < 1.29 is 9.47 Å². The summed E-state index contributed by atoms with van der Waals surface area (Å²) >= 11 is 0. The van der Waals surface area contributed by atoms with Gasteiger partial charge in [-0.1, -0.05) is 18.2 Å². The number of aliphatic imine (C=N–C) groups is 1. The number of benzene rings is 1. The molecule has 1 aromatic rings. The van der Waals surface area contributed by atoms with E-state index in [1.54, 1.807) is 7.11 Å². The minimum absolute atomic E-state index is 0.367. The number of hydrogen-bond donors (Lipinski definition) is 1. The Morgan fingerprint density at radius 1 is 1.06 bits per heavy atom. The van der Waals surface area contributed by atoms with Gasteiger partial charge in [-0.25, -0.2) is 0 Å². The maximum Gasteiger partial charge on any atom is 0.193 e.